The van der Waals surface area contributed by atoms with Gasteiger partial charge in [0.05, 0.1) is 0 Å². The molecule has 1 aromatic carbocycles. The number of amides is 1. The van der Waals surface area contributed by atoms with Crippen LogP contribution in [0.3, 0.4) is 0 Å². The third kappa shape index (κ3) is 4.01. The highest BCUT2D eigenvalue weighted by Crippen LogP contribution is 2.29. The molecule has 2 aromatic rings. The molecule has 23 heavy (non-hydrogen) atoms. The second-order valence-corrected chi connectivity index (χ2v) is 6.41. The van der Waals surface area contributed by atoms with Gasteiger partial charge in [-0.2, -0.15) is 5.10 Å². The molecule has 0 radical (unpaired) electrons. The molecular formula is C19H25N3O. The molecule has 122 valence electrons. The fraction of sp³-hybridized carbons (Fsp3) is 0.474. The van der Waals surface area contributed by atoms with E-state index >= 15 is 0 Å². The number of hydrogen-bond acceptors (Lipinski definition) is 2. The Bertz CT molecular complexity index is 636. The molecule has 0 saturated carbocycles. The van der Waals surface area contributed by atoms with Crippen molar-refractivity contribution >= 4 is 5.91 Å². The molecule has 1 fully saturated rings. The minimum Gasteiger partial charge on any atom is -0.342 e. The summed E-state index contributed by atoms with van der Waals surface area (Å²) in [6.45, 7) is 4.75. The number of benzene rings is 1. The maximum absolute atomic E-state index is 12.5. The van der Waals surface area contributed by atoms with Crippen LogP contribution in [0.15, 0.2) is 42.7 Å². The van der Waals surface area contributed by atoms with Crippen LogP contribution in [0.1, 0.15) is 42.7 Å². The Hall–Kier alpha value is -2.10. The summed E-state index contributed by atoms with van der Waals surface area (Å²) < 4.78 is 1.89. The summed E-state index contributed by atoms with van der Waals surface area (Å²) in [6.07, 6.45) is 7.47. The Morgan fingerprint density at radius 3 is 2.96 bits per heavy atom. The second kappa shape index (κ2) is 7.44. The van der Waals surface area contributed by atoms with Gasteiger partial charge in [-0.15, -0.1) is 0 Å². The number of hydrogen-bond donors (Lipinski definition) is 0. The van der Waals surface area contributed by atoms with E-state index in [1.165, 1.54) is 17.5 Å². The van der Waals surface area contributed by atoms with Gasteiger partial charge < -0.3 is 4.90 Å². The summed E-state index contributed by atoms with van der Waals surface area (Å²) in [5, 5.41) is 4.18. The van der Waals surface area contributed by atoms with Crippen molar-refractivity contribution in [3.8, 4) is 0 Å². The van der Waals surface area contributed by atoms with Gasteiger partial charge in [-0.1, -0.05) is 24.3 Å². The van der Waals surface area contributed by atoms with Gasteiger partial charge in [-0.3, -0.25) is 9.48 Å². The highest BCUT2D eigenvalue weighted by molar-refractivity contribution is 5.76. The number of carbonyl (C=O) groups excluding carboxylic acids is 1. The molecule has 0 bridgehead atoms. The normalized spacial score (nSPS) is 18.1. The standard InChI is InChI=1S/C19H25N3O/c1-16-7-2-3-9-18(16)17-8-4-12-21(15-17)19(23)10-5-13-22-14-6-11-20-22/h2-3,6-7,9,11,14,17H,4-5,8,10,12-13,15H2,1H3/t17-/m0/s1. The Labute approximate surface area is 138 Å². The van der Waals surface area contributed by atoms with E-state index < -0.39 is 0 Å². The second-order valence-electron chi connectivity index (χ2n) is 6.41. The Morgan fingerprint density at radius 2 is 2.17 bits per heavy atom. The van der Waals surface area contributed by atoms with Crippen LogP contribution >= 0.6 is 0 Å². The first-order valence-electron chi connectivity index (χ1n) is 8.55. The van der Waals surface area contributed by atoms with E-state index in [1.54, 1.807) is 6.20 Å². The molecule has 1 aliphatic heterocycles. The van der Waals surface area contributed by atoms with Crippen LogP contribution in [-0.4, -0.2) is 33.7 Å². The quantitative estimate of drug-likeness (QED) is 0.849. The zero-order valence-corrected chi connectivity index (χ0v) is 13.8. The lowest BCUT2D eigenvalue weighted by atomic mass is 9.88. The molecule has 1 amide bonds. The fourth-order valence-corrected chi connectivity index (χ4v) is 3.49. The molecule has 4 heteroatoms. The Balaban J connectivity index is 1.53. The Morgan fingerprint density at radius 1 is 1.30 bits per heavy atom. The largest absolute Gasteiger partial charge is 0.342 e. The van der Waals surface area contributed by atoms with Gasteiger partial charge in [0.2, 0.25) is 5.91 Å². The van der Waals surface area contributed by atoms with Gasteiger partial charge in [0.1, 0.15) is 0 Å². The van der Waals surface area contributed by atoms with Crippen molar-refractivity contribution in [1.82, 2.24) is 14.7 Å². The molecule has 3 rings (SSSR count). The molecule has 1 aliphatic rings. The summed E-state index contributed by atoms with van der Waals surface area (Å²) in [5.41, 5.74) is 2.74. The number of nitrogens with zero attached hydrogens (tertiary/aromatic N) is 3. The molecule has 0 unspecified atom stereocenters. The number of likely N-dealkylation sites (tertiary alicyclic amines) is 1. The molecule has 1 aromatic heterocycles. The van der Waals surface area contributed by atoms with Crippen molar-refractivity contribution < 1.29 is 4.79 Å². The van der Waals surface area contributed by atoms with Gasteiger partial charge in [0.25, 0.3) is 0 Å². The molecule has 2 heterocycles. The number of rotatable bonds is 5. The van der Waals surface area contributed by atoms with Gasteiger partial charge in [0, 0.05) is 44.4 Å². The number of carbonyl (C=O) groups is 1. The predicted molar refractivity (Wildman–Crippen MR) is 91.2 cm³/mol. The highest BCUT2D eigenvalue weighted by atomic mass is 16.2. The first-order chi connectivity index (χ1) is 11.2. The maximum Gasteiger partial charge on any atom is 0.222 e. The van der Waals surface area contributed by atoms with Gasteiger partial charge in [0.15, 0.2) is 0 Å². The fourth-order valence-electron chi connectivity index (χ4n) is 3.49. The molecule has 1 saturated heterocycles. The van der Waals surface area contributed by atoms with E-state index in [0.29, 0.717) is 12.3 Å². The van der Waals surface area contributed by atoms with Crippen molar-refractivity contribution in [2.75, 3.05) is 13.1 Å². The summed E-state index contributed by atoms with van der Waals surface area (Å²) in [5.74, 6) is 0.774. The zero-order chi connectivity index (χ0) is 16.1. The van der Waals surface area contributed by atoms with Crippen molar-refractivity contribution in [2.24, 2.45) is 0 Å². The van der Waals surface area contributed by atoms with Crippen LogP contribution < -0.4 is 0 Å². The summed E-state index contributed by atoms with van der Waals surface area (Å²) in [4.78, 5) is 14.5. The summed E-state index contributed by atoms with van der Waals surface area (Å²) in [6, 6.07) is 10.5. The van der Waals surface area contributed by atoms with Crippen molar-refractivity contribution in [3.05, 3.63) is 53.9 Å². The van der Waals surface area contributed by atoms with Crippen LogP contribution in [0.4, 0.5) is 0 Å². The predicted octanol–water partition coefficient (Wildman–Crippen LogP) is 3.38. The Kier molecular flexibility index (Phi) is 5.11. The van der Waals surface area contributed by atoms with Crippen LogP contribution in [0.5, 0.6) is 0 Å². The van der Waals surface area contributed by atoms with E-state index in [2.05, 4.69) is 41.2 Å². The maximum atomic E-state index is 12.5. The number of aromatic nitrogens is 2. The van der Waals surface area contributed by atoms with Crippen molar-refractivity contribution in [1.29, 1.82) is 0 Å². The lowest BCUT2D eigenvalue weighted by molar-refractivity contribution is -0.132. The topological polar surface area (TPSA) is 38.1 Å². The van der Waals surface area contributed by atoms with Crippen LogP contribution in [0.2, 0.25) is 0 Å². The summed E-state index contributed by atoms with van der Waals surface area (Å²) in [7, 11) is 0. The number of piperidine rings is 1. The van der Waals surface area contributed by atoms with Gasteiger partial charge in [-0.25, -0.2) is 0 Å². The van der Waals surface area contributed by atoms with Crippen LogP contribution in [-0.2, 0) is 11.3 Å². The molecule has 1 atom stereocenters. The summed E-state index contributed by atoms with van der Waals surface area (Å²) >= 11 is 0. The van der Waals surface area contributed by atoms with Gasteiger partial charge >= 0.3 is 0 Å². The van der Waals surface area contributed by atoms with E-state index in [9.17, 15) is 4.79 Å². The first-order valence-corrected chi connectivity index (χ1v) is 8.55. The van der Waals surface area contributed by atoms with Crippen molar-refractivity contribution in [3.63, 3.8) is 0 Å². The molecule has 0 aliphatic carbocycles. The molecule has 4 nitrogen and oxygen atoms in total. The minimum absolute atomic E-state index is 0.287. The van der Waals surface area contributed by atoms with Crippen molar-refractivity contribution in [2.45, 2.75) is 45.1 Å². The molecular weight excluding hydrogens is 286 g/mol. The minimum atomic E-state index is 0.287. The smallest absolute Gasteiger partial charge is 0.222 e. The molecule has 0 N–H and O–H groups in total. The average Bonchev–Trinajstić information content (AvgIpc) is 3.09. The van der Waals surface area contributed by atoms with E-state index in [0.717, 1.165) is 32.5 Å². The van der Waals surface area contributed by atoms with Crippen LogP contribution in [0.25, 0.3) is 0 Å². The third-order valence-electron chi connectivity index (χ3n) is 4.74. The third-order valence-corrected chi connectivity index (χ3v) is 4.74. The number of aryl methyl sites for hydroxylation is 2. The highest BCUT2D eigenvalue weighted by Gasteiger charge is 2.25. The lowest BCUT2D eigenvalue weighted by Gasteiger charge is -2.33. The van der Waals surface area contributed by atoms with E-state index in [-0.39, 0.29) is 5.91 Å². The van der Waals surface area contributed by atoms with Gasteiger partial charge in [-0.05, 0) is 43.4 Å². The molecule has 0 spiro atoms. The average molecular weight is 311 g/mol. The SMILES string of the molecule is Cc1ccccc1[C@H]1CCCN(C(=O)CCCn2cccn2)C1. The first kappa shape index (κ1) is 15.8. The lowest BCUT2D eigenvalue weighted by Crippen LogP contribution is -2.39. The monoisotopic (exact) mass is 311 g/mol. The van der Waals surface area contributed by atoms with E-state index in [1.807, 2.05) is 16.9 Å². The van der Waals surface area contributed by atoms with Crippen LogP contribution in [0, 0.1) is 6.92 Å². The zero-order valence-electron chi connectivity index (χ0n) is 13.8. The van der Waals surface area contributed by atoms with E-state index in [4.69, 9.17) is 0 Å².